The molecule has 2 rings (SSSR count). The average Bonchev–Trinajstić information content (AvgIpc) is 3.07. The molecule has 2 aliphatic rings. The first-order chi connectivity index (χ1) is 9.95. The number of urea groups is 1. The predicted molar refractivity (Wildman–Crippen MR) is 81.8 cm³/mol. The zero-order valence-electron chi connectivity index (χ0n) is 13.2. The molecule has 0 radical (unpaired) electrons. The quantitative estimate of drug-likeness (QED) is 0.717. The van der Waals surface area contributed by atoms with Crippen LogP contribution in [0.1, 0.15) is 46.0 Å². The van der Waals surface area contributed by atoms with Crippen LogP contribution in [0, 0.1) is 5.41 Å². The first-order valence-electron chi connectivity index (χ1n) is 8.00. The number of carbonyl (C=O) groups excluding carboxylic acids is 2. The monoisotopic (exact) mass is 296 g/mol. The van der Waals surface area contributed by atoms with E-state index in [4.69, 9.17) is 5.73 Å². The average molecular weight is 296 g/mol. The summed E-state index contributed by atoms with van der Waals surface area (Å²) in [6, 6.07) is -0.242. The number of hydrogen-bond donors (Lipinski definition) is 3. The Morgan fingerprint density at radius 2 is 1.90 bits per heavy atom. The van der Waals surface area contributed by atoms with Gasteiger partial charge in [-0.1, -0.05) is 19.8 Å². The maximum absolute atomic E-state index is 13.0. The molecule has 120 valence electrons. The van der Waals surface area contributed by atoms with E-state index >= 15 is 0 Å². The number of hydrogen-bond acceptors (Lipinski definition) is 3. The SMILES string of the molecule is CCNC(=O)NC1(C(=O)N2CCC(C)(CN)C2)CCCC1. The second kappa shape index (κ2) is 6.22. The van der Waals surface area contributed by atoms with Crippen molar-refractivity contribution in [3.8, 4) is 0 Å². The van der Waals surface area contributed by atoms with Gasteiger partial charge in [-0.3, -0.25) is 4.79 Å². The van der Waals surface area contributed by atoms with E-state index in [1.165, 1.54) is 0 Å². The van der Waals surface area contributed by atoms with Gasteiger partial charge in [-0.25, -0.2) is 4.79 Å². The molecule has 3 amide bonds. The van der Waals surface area contributed by atoms with Crippen molar-refractivity contribution in [3.63, 3.8) is 0 Å². The molecular formula is C15H28N4O2. The number of likely N-dealkylation sites (tertiary alicyclic amines) is 1. The van der Waals surface area contributed by atoms with Crippen molar-refractivity contribution in [2.45, 2.75) is 51.5 Å². The topological polar surface area (TPSA) is 87.5 Å². The summed E-state index contributed by atoms with van der Waals surface area (Å²) in [6.45, 7) is 6.58. The molecule has 1 saturated carbocycles. The highest BCUT2D eigenvalue weighted by Crippen LogP contribution is 2.35. The Morgan fingerprint density at radius 1 is 1.24 bits per heavy atom. The van der Waals surface area contributed by atoms with Gasteiger partial charge in [-0.2, -0.15) is 0 Å². The molecule has 0 aromatic carbocycles. The van der Waals surface area contributed by atoms with Gasteiger partial charge in [-0.05, 0) is 38.1 Å². The fourth-order valence-corrected chi connectivity index (χ4v) is 3.46. The molecule has 0 aromatic rings. The first kappa shape index (κ1) is 16.1. The smallest absolute Gasteiger partial charge is 0.315 e. The predicted octanol–water partition coefficient (Wildman–Crippen LogP) is 0.816. The van der Waals surface area contributed by atoms with Crippen molar-refractivity contribution < 1.29 is 9.59 Å². The van der Waals surface area contributed by atoms with Crippen molar-refractivity contribution in [1.82, 2.24) is 15.5 Å². The van der Waals surface area contributed by atoms with Gasteiger partial charge in [0.1, 0.15) is 5.54 Å². The molecular weight excluding hydrogens is 268 g/mol. The summed E-state index contributed by atoms with van der Waals surface area (Å²) in [5, 5.41) is 5.67. The highest BCUT2D eigenvalue weighted by molar-refractivity contribution is 5.91. The molecule has 1 aliphatic heterocycles. The molecule has 21 heavy (non-hydrogen) atoms. The summed E-state index contributed by atoms with van der Waals surface area (Å²) in [7, 11) is 0. The van der Waals surface area contributed by atoms with E-state index in [2.05, 4.69) is 17.6 Å². The van der Waals surface area contributed by atoms with Gasteiger partial charge in [0.05, 0.1) is 0 Å². The molecule has 4 N–H and O–H groups in total. The summed E-state index contributed by atoms with van der Waals surface area (Å²) < 4.78 is 0. The lowest BCUT2D eigenvalue weighted by atomic mass is 9.90. The van der Waals surface area contributed by atoms with Gasteiger partial charge in [0.2, 0.25) is 5.91 Å². The summed E-state index contributed by atoms with van der Waals surface area (Å²) in [4.78, 5) is 26.7. The Labute approximate surface area is 126 Å². The third-order valence-electron chi connectivity index (χ3n) is 4.89. The third-order valence-corrected chi connectivity index (χ3v) is 4.89. The van der Waals surface area contributed by atoms with Gasteiger partial charge in [0, 0.05) is 19.6 Å². The molecule has 1 saturated heterocycles. The minimum atomic E-state index is -0.709. The molecule has 0 bridgehead atoms. The van der Waals surface area contributed by atoms with Crippen molar-refractivity contribution in [2.24, 2.45) is 11.1 Å². The van der Waals surface area contributed by atoms with Crippen molar-refractivity contribution in [3.05, 3.63) is 0 Å². The Hall–Kier alpha value is -1.30. The minimum Gasteiger partial charge on any atom is -0.340 e. The summed E-state index contributed by atoms with van der Waals surface area (Å²) >= 11 is 0. The van der Waals surface area contributed by atoms with Crippen LogP contribution >= 0.6 is 0 Å². The van der Waals surface area contributed by atoms with Gasteiger partial charge in [-0.15, -0.1) is 0 Å². The van der Waals surface area contributed by atoms with E-state index in [1.807, 2.05) is 11.8 Å². The summed E-state index contributed by atoms with van der Waals surface area (Å²) in [6.07, 6.45) is 4.38. The van der Waals surface area contributed by atoms with Crippen molar-refractivity contribution in [2.75, 3.05) is 26.2 Å². The van der Waals surface area contributed by atoms with Crippen LogP contribution in [-0.2, 0) is 4.79 Å². The lowest BCUT2D eigenvalue weighted by molar-refractivity contribution is -0.137. The van der Waals surface area contributed by atoms with Crippen LogP contribution in [0.2, 0.25) is 0 Å². The Balaban J connectivity index is 2.08. The fraction of sp³-hybridized carbons (Fsp3) is 0.867. The van der Waals surface area contributed by atoms with Crippen LogP contribution in [0.15, 0.2) is 0 Å². The standard InChI is InChI=1S/C15H28N4O2/c1-3-17-13(21)18-15(6-4-5-7-15)12(20)19-9-8-14(2,10-16)11-19/h3-11,16H2,1-2H3,(H2,17,18,21). The lowest BCUT2D eigenvalue weighted by Gasteiger charge is -2.34. The number of nitrogens with zero attached hydrogens (tertiary/aromatic N) is 1. The lowest BCUT2D eigenvalue weighted by Crippen LogP contribution is -2.60. The zero-order chi connectivity index (χ0) is 15.5. The third kappa shape index (κ3) is 3.31. The normalized spacial score (nSPS) is 27.7. The molecule has 6 heteroatoms. The van der Waals surface area contributed by atoms with E-state index < -0.39 is 5.54 Å². The highest BCUT2D eigenvalue weighted by Gasteiger charge is 2.47. The van der Waals surface area contributed by atoms with Crippen LogP contribution in [0.25, 0.3) is 0 Å². The molecule has 2 fully saturated rings. The number of nitrogens with two attached hydrogens (primary N) is 1. The van der Waals surface area contributed by atoms with Crippen molar-refractivity contribution in [1.29, 1.82) is 0 Å². The van der Waals surface area contributed by atoms with Gasteiger partial charge in [0.15, 0.2) is 0 Å². The van der Waals surface area contributed by atoms with E-state index in [-0.39, 0.29) is 17.4 Å². The second-order valence-corrected chi connectivity index (χ2v) is 6.77. The fourth-order valence-electron chi connectivity index (χ4n) is 3.46. The highest BCUT2D eigenvalue weighted by atomic mass is 16.2. The van der Waals surface area contributed by atoms with Crippen LogP contribution in [-0.4, -0.2) is 48.6 Å². The number of rotatable bonds is 4. The Kier molecular flexibility index (Phi) is 4.76. The zero-order valence-corrected chi connectivity index (χ0v) is 13.2. The first-order valence-corrected chi connectivity index (χ1v) is 8.00. The summed E-state index contributed by atoms with van der Waals surface area (Å²) in [5.74, 6) is 0.0726. The maximum Gasteiger partial charge on any atom is 0.315 e. The van der Waals surface area contributed by atoms with E-state index in [9.17, 15) is 9.59 Å². The van der Waals surface area contributed by atoms with E-state index in [1.54, 1.807) is 0 Å². The Morgan fingerprint density at radius 3 is 2.43 bits per heavy atom. The molecule has 1 atom stereocenters. The molecule has 0 aromatic heterocycles. The van der Waals surface area contributed by atoms with Crippen LogP contribution in [0.3, 0.4) is 0 Å². The van der Waals surface area contributed by atoms with Crippen LogP contribution in [0.5, 0.6) is 0 Å². The van der Waals surface area contributed by atoms with Crippen LogP contribution in [0.4, 0.5) is 4.79 Å². The van der Waals surface area contributed by atoms with Gasteiger partial charge in [0.25, 0.3) is 0 Å². The second-order valence-electron chi connectivity index (χ2n) is 6.77. The van der Waals surface area contributed by atoms with Crippen molar-refractivity contribution >= 4 is 11.9 Å². The number of amides is 3. The molecule has 1 heterocycles. The molecule has 6 nitrogen and oxygen atoms in total. The molecule has 1 unspecified atom stereocenters. The largest absolute Gasteiger partial charge is 0.340 e. The number of carbonyl (C=O) groups is 2. The van der Waals surface area contributed by atoms with Crippen LogP contribution < -0.4 is 16.4 Å². The van der Waals surface area contributed by atoms with Gasteiger partial charge < -0.3 is 21.3 Å². The molecule has 1 aliphatic carbocycles. The Bertz CT molecular complexity index is 406. The van der Waals surface area contributed by atoms with E-state index in [0.29, 0.717) is 19.6 Å². The molecule has 0 spiro atoms. The van der Waals surface area contributed by atoms with E-state index in [0.717, 1.165) is 38.6 Å². The van der Waals surface area contributed by atoms with Gasteiger partial charge >= 0.3 is 6.03 Å². The summed E-state index contributed by atoms with van der Waals surface area (Å²) in [5.41, 5.74) is 5.13. The number of nitrogens with one attached hydrogen (secondary N) is 2. The maximum atomic E-state index is 13.0. The minimum absolute atomic E-state index is 0.0150.